The maximum absolute atomic E-state index is 6.41. The molecule has 260 valence electrons. The highest BCUT2D eigenvalue weighted by atomic mass is 16.3. The third-order valence-corrected chi connectivity index (χ3v) is 10.9. The standard InChI is InChI=1S/C50H33N3O2/c1-30-9-7-12-33(25-30)34-22-24-44-42(28-34)47-39(14-8-16-45(47)54-44)35-19-17-31-18-20-36(27-38(31)26-35)49-51-48(32-10-3-2-4-11-32)52-50(53-49)37-21-23-41-40-13-5-6-15-43(40)55-46(41)29-37/h2-24,26-30H,25H2,1H3. The van der Waals surface area contributed by atoms with Crippen LogP contribution in [0.4, 0.5) is 0 Å². The van der Waals surface area contributed by atoms with E-state index >= 15 is 0 Å². The molecule has 3 heterocycles. The van der Waals surface area contributed by atoms with Gasteiger partial charge in [0.25, 0.3) is 0 Å². The fourth-order valence-electron chi connectivity index (χ4n) is 8.09. The van der Waals surface area contributed by atoms with Gasteiger partial charge in [-0.1, -0.05) is 122 Å². The molecule has 0 saturated carbocycles. The molecule has 1 atom stereocenters. The average molecular weight is 708 g/mol. The number of hydrogen-bond donors (Lipinski definition) is 0. The lowest BCUT2D eigenvalue weighted by atomic mass is 9.90. The van der Waals surface area contributed by atoms with Crippen LogP contribution in [-0.4, -0.2) is 15.0 Å². The molecule has 55 heavy (non-hydrogen) atoms. The Balaban J connectivity index is 1.03. The van der Waals surface area contributed by atoms with Gasteiger partial charge < -0.3 is 8.83 Å². The van der Waals surface area contributed by atoms with Crippen LogP contribution >= 0.6 is 0 Å². The molecule has 7 aromatic carbocycles. The van der Waals surface area contributed by atoms with E-state index in [1.807, 2.05) is 54.6 Å². The van der Waals surface area contributed by atoms with Gasteiger partial charge in [-0.2, -0.15) is 0 Å². The molecule has 1 unspecified atom stereocenters. The van der Waals surface area contributed by atoms with Gasteiger partial charge in [-0.3, -0.25) is 0 Å². The van der Waals surface area contributed by atoms with E-state index in [9.17, 15) is 0 Å². The molecule has 0 spiro atoms. The smallest absolute Gasteiger partial charge is 0.164 e. The molecule has 0 saturated heterocycles. The van der Waals surface area contributed by atoms with Gasteiger partial charge in [0.2, 0.25) is 0 Å². The molecule has 3 aromatic heterocycles. The summed E-state index contributed by atoms with van der Waals surface area (Å²) in [5, 5.41) is 6.65. The van der Waals surface area contributed by atoms with Crippen LogP contribution in [0.5, 0.6) is 0 Å². The first-order valence-corrected chi connectivity index (χ1v) is 18.7. The van der Waals surface area contributed by atoms with Crippen LogP contribution in [-0.2, 0) is 0 Å². The van der Waals surface area contributed by atoms with E-state index in [1.165, 1.54) is 11.1 Å². The van der Waals surface area contributed by atoms with Gasteiger partial charge in [0, 0.05) is 38.2 Å². The van der Waals surface area contributed by atoms with Crippen molar-refractivity contribution in [3.63, 3.8) is 0 Å². The average Bonchev–Trinajstić information content (AvgIpc) is 3.81. The molecule has 1 aliphatic rings. The first kappa shape index (κ1) is 31.4. The largest absolute Gasteiger partial charge is 0.456 e. The van der Waals surface area contributed by atoms with Crippen molar-refractivity contribution in [2.75, 3.05) is 0 Å². The van der Waals surface area contributed by atoms with Crippen LogP contribution in [0.3, 0.4) is 0 Å². The Labute approximate surface area is 316 Å². The van der Waals surface area contributed by atoms with Crippen molar-refractivity contribution in [3.05, 3.63) is 169 Å². The fourth-order valence-corrected chi connectivity index (χ4v) is 8.09. The minimum Gasteiger partial charge on any atom is -0.456 e. The lowest BCUT2D eigenvalue weighted by Crippen LogP contribution is -2.00. The topological polar surface area (TPSA) is 65.0 Å². The fraction of sp³-hybridized carbons (Fsp3) is 0.0600. The molecule has 5 heteroatoms. The predicted octanol–water partition coefficient (Wildman–Crippen LogP) is 13.5. The third-order valence-electron chi connectivity index (χ3n) is 10.9. The van der Waals surface area contributed by atoms with Gasteiger partial charge in [0.15, 0.2) is 17.5 Å². The Hall–Kier alpha value is -7.11. The summed E-state index contributed by atoms with van der Waals surface area (Å²) in [5.41, 5.74) is 11.0. The van der Waals surface area contributed by atoms with E-state index in [2.05, 4.69) is 116 Å². The highest BCUT2D eigenvalue weighted by Gasteiger charge is 2.18. The molecular weight excluding hydrogens is 675 g/mol. The molecule has 0 fully saturated rings. The Morgan fingerprint density at radius 1 is 0.473 bits per heavy atom. The van der Waals surface area contributed by atoms with E-state index in [0.717, 1.165) is 88.9 Å². The van der Waals surface area contributed by atoms with Gasteiger partial charge in [0.1, 0.15) is 22.3 Å². The van der Waals surface area contributed by atoms with Gasteiger partial charge >= 0.3 is 0 Å². The second kappa shape index (κ2) is 12.5. The van der Waals surface area contributed by atoms with Crippen molar-refractivity contribution >= 4 is 60.2 Å². The molecule has 10 aromatic rings. The minimum absolute atomic E-state index is 0.524. The lowest BCUT2D eigenvalue weighted by Gasteiger charge is -2.14. The second-order valence-corrected chi connectivity index (χ2v) is 14.5. The van der Waals surface area contributed by atoms with E-state index in [0.29, 0.717) is 23.4 Å². The predicted molar refractivity (Wildman–Crippen MR) is 225 cm³/mol. The number of aromatic nitrogens is 3. The summed E-state index contributed by atoms with van der Waals surface area (Å²) in [6.07, 6.45) is 7.72. The SMILES string of the molecule is CC1C=CC=C(c2ccc3oc4cccc(-c5ccc6ccc(-c7nc(-c8ccccc8)nc(-c8ccc9c(c8)oc8ccccc89)n7)cc6c5)c4c3c2)C1. The number of furan rings is 2. The zero-order valence-electron chi connectivity index (χ0n) is 30.0. The summed E-state index contributed by atoms with van der Waals surface area (Å²) in [6.45, 7) is 2.27. The molecule has 0 radical (unpaired) electrons. The van der Waals surface area contributed by atoms with E-state index in [-0.39, 0.29) is 0 Å². The Bertz CT molecular complexity index is 3200. The molecule has 0 bridgehead atoms. The highest BCUT2D eigenvalue weighted by Crippen LogP contribution is 2.40. The Morgan fingerprint density at radius 3 is 1.98 bits per heavy atom. The van der Waals surface area contributed by atoms with Gasteiger partial charge in [-0.25, -0.2) is 15.0 Å². The van der Waals surface area contributed by atoms with Crippen LogP contribution < -0.4 is 0 Å². The number of nitrogens with zero attached hydrogens (tertiary/aromatic N) is 3. The second-order valence-electron chi connectivity index (χ2n) is 14.5. The summed E-state index contributed by atoms with van der Waals surface area (Å²) in [6, 6.07) is 50.4. The van der Waals surface area contributed by atoms with Crippen LogP contribution in [0.15, 0.2) is 173 Å². The number of fused-ring (bicyclic) bond motifs is 7. The molecule has 5 nitrogen and oxygen atoms in total. The summed E-state index contributed by atoms with van der Waals surface area (Å²) < 4.78 is 12.7. The zero-order chi connectivity index (χ0) is 36.5. The Morgan fingerprint density at radius 2 is 1.13 bits per heavy atom. The monoisotopic (exact) mass is 707 g/mol. The van der Waals surface area contributed by atoms with Gasteiger partial charge in [-0.05, 0) is 93.9 Å². The number of benzene rings is 7. The number of para-hydroxylation sites is 1. The van der Waals surface area contributed by atoms with Crippen molar-refractivity contribution in [3.8, 4) is 45.3 Å². The highest BCUT2D eigenvalue weighted by molar-refractivity contribution is 6.13. The van der Waals surface area contributed by atoms with Crippen LogP contribution in [0.1, 0.15) is 18.9 Å². The molecule has 0 amide bonds. The maximum atomic E-state index is 6.41. The molecule has 0 aliphatic heterocycles. The quantitative estimate of drug-likeness (QED) is 0.178. The Kier molecular flexibility index (Phi) is 7.14. The first-order valence-electron chi connectivity index (χ1n) is 18.7. The molecule has 1 aliphatic carbocycles. The zero-order valence-corrected chi connectivity index (χ0v) is 30.0. The van der Waals surface area contributed by atoms with Crippen LogP contribution in [0, 0.1) is 5.92 Å². The van der Waals surface area contributed by atoms with Crippen LogP contribution in [0.2, 0.25) is 0 Å². The van der Waals surface area contributed by atoms with Gasteiger partial charge in [-0.15, -0.1) is 0 Å². The number of rotatable bonds is 5. The van der Waals surface area contributed by atoms with Gasteiger partial charge in [0.05, 0.1) is 0 Å². The van der Waals surface area contributed by atoms with Crippen molar-refractivity contribution in [2.45, 2.75) is 13.3 Å². The van der Waals surface area contributed by atoms with Crippen molar-refractivity contribution in [1.82, 2.24) is 15.0 Å². The summed E-state index contributed by atoms with van der Waals surface area (Å²) >= 11 is 0. The third kappa shape index (κ3) is 5.43. The maximum Gasteiger partial charge on any atom is 0.164 e. The molecule has 0 N–H and O–H groups in total. The molecular formula is C50H33N3O2. The van der Waals surface area contributed by atoms with E-state index in [4.69, 9.17) is 23.8 Å². The summed E-state index contributed by atoms with van der Waals surface area (Å²) in [7, 11) is 0. The van der Waals surface area contributed by atoms with Crippen LogP contribution in [0.25, 0.3) is 106 Å². The number of hydrogen-bond acceptors (Lipinski definition) is 5. The lowest BCUT2D eigenvalue weighted by molar-refractivity contribution is 0.668. The van der Waals surface area contributed by atoms with Crippen molar-refractivity contribution < 1.29 is 8.83 Å². The summed E-state index contributed by atoms with van der Waals surface area (Å²) in [4.78, 5) is 15.1. The molecule has 11 rings (SSSR count). The minimum atomic E-state index is 0.524. The summed E-state index contributed by atoms with van der Waals surface area (Å²) in [5.74, 6) is 2.34. The van der Waals surface area contributed by atoms with E-state index < -0.39 is 0 Å². The number of allylic oxidation sites excluding steroid dienone is 4. The van der Waals surface area contributed by atoms with Crippen molar-refractivity contribution in [1.29, 1.82) is 0 Å². The first-order chi connectivity index (χ1) is 27.1. The normalized spacial score (nSPS) is 14.4. The van der Waals surface area contributed by atoms with E-state index in [1.54, 1.807) is 0 Å². The van der Waals surface area contributed by atoms with Crippen molar-refractivity contribution in [2.24, 2.45) is 5.92 Å².